The highest BCUT2D eigenvalue weighted by Gasteiger charge is 2.40. The summed E-state index contributed by atoms with van der Waals surface area (Å²) in [5, 5.41) is 9.17. The van der Waals surface area contributed by atoms with Crippen LogP contribution in [0.4, 0.5) is 0 Å². The molecule has 1 N–H and O–H groups in total. The van der Waals surface area contributed by atoms with Crippen LogP contribution < -0.4 is 0 Å². The molecule has 0 fully saturated rings. The molecule has 3 nitrogen and oxygen atoms in total. The summed E-state index contributed by atoms with van der Waals surface area (Å²) in [6, 6.07) is 17.7. The maximum absolute atomic E-state index is 13.4. The molecule has 1 atom stereocenters. The number of carboxylic acid groups (broad SMARTS) is 1. The van der Waals surface area contributed by atoms with E-state index in [0.717, 1.165) is 36.0 Å². The molecule has 3 heteroatoms. The number of rotatable bonds is 5. The monoisotopic (exact) mass is 322 g/mol. The van der Waals surface area contributed by atoms with Crippen molar-refractivity contribution >= 4 is 11.8 Å². The minimum atomic E-state index is -0.840. The Balaban J connectivity index is 2.00. The summed E-state index contributed by atoms with van der Waals surface area (Å²) in [7, 11) is 0. The highest BCUT2D eigenvalue weighted by atomic mass is 16.4. The van der Waals surface area contributed by atoms with Gasteiger partial charge in [-0.2, -0.15) is 0 Å². The third-order valence-corrected chi connectivity index (χ3v) is 5.05. The van der Waals surface area contributed by atoms with Crippen LogP contribution in [0.5, 0.6) is 0 Å². The Morgan fingerprint density at radius 2 is 1.75 bits per heavy atom. The molecule has 0 spiro atoms. The van der Waals surface area contributed by atoms with Crippen LogP contribution in [0.25, 0.3) is 0 Å². The predicted molar refractivity (Wildman–Crippen MR) is 93.2 cm³/mol. The van der Waals surface area contributed by atoms with Crippen LogP contribution in [0, 0.1) is 5.41 Å². The van der Waals surface area contributed by atoms with Gasteiger partial charge in [0.05, 0.1) is 0 Å². The quantitative estimate of drug-likeness (QED) is 0.835. The van der Waals surface area contributed by atoms with Crippen LogP contribution >= 0.6 is 0 Å². The number of Topliss-reactive ketones (excluding diaryl/α,β-unsaturated/α-hetero) is 1. The first-order valence-electron chi connectivity index (χ1n) is 8.49. The zero-order valence-electron chi connectivity index (χ0n) is 13.7. The van der Waals surface area contributed by atoms with E-state index in [4.69, 9.17) is 5.11 Å². The van der Waals surface area contributed by atoms with Crippen molar-refractivity contribution in [2.75, 3.05) is 0 Å². The maximum atomic E-state index is 13.4. The Bertz CT molecular complexity index is 736. The molecule has 1 unspecified atom stereocenters. The minimum absolute atomic E-state index is 0.0285. The molecule has 0 saturated heterocycles. The Morgan fingerprint density at radius 1 is 1.04 bits per heavy atom. The maximum Gasteiger partial charge on any atom is 0.303 e. The number of aliphatic carboxylic acids is 1. The number of ketones is 1. The smallest absolute Gasteiger partial charge is 0.303 e. The number of carbonyl (C=O) groups excluding carboxylic acids is 1. The number of carboxylic acids is 1. The molecule has 0 amide bonds. The van der Waals surface area contributed by atoms with E-state index < -0.39 is 11.4 Å². The molecule has 0 bridgehead atoms. The molecular weight excluding hydrogens is 300 g/mol. The van der Waals surface area contributed by atoms with E-state index >= 15 is 0 Å². The number of hydrogen-bond donors (Lipinski definition) is 1. The lowest BCUT2D eigenvalue weighted by molar-refractivity contribution is -0.137. The zero-order chi connectivity index (χ0) is 17.0. The second-order valence-corrected chi connectivity index (χ2v) is 6.68. The first-order chi connectivity index (χ1) is 11.6. The van der Waals surface area contributed by atoms with Gasteiger partial charge in [-0.05, 0) is 43.2 Å². The Hall–Kier alpha value is -2.42. The van der Waals surface area contributed by atoms with Crippen LogP contribution in [0.1, 0.15) is 47.2 Å². The minimum Gasteiger partial charge on any atom is -0.481 e. The van der Waals surface area contributed by atoms with E-state index in [1.807, 2.05) is 54.6 Å². The lowest BCUT2D eigenvalue weighted by atomic mass is 9.70. The molecule has 0 saturated carbocycles. The molecule has 124 valence electrons. The first-order valence-corrected chi connectivity index (χ1v) is 8.49. The zero-order valence-corrected chi connectivity index (χ0v) is 13.7. The van der Waals surface area contributed by atoms with Crippen molar-refractivity contribution in [1.29, 1.82) is 0 Å². The van der Waals surface area contributed by atoms with E-state index in [1.54, 1.807) is 0 Å². The summed E-state index contributed by atoms with van der Waals surface area (Å²) >= 11 is 0. The van der Waals surface area contributed by atoms with Gasteiger partial charge in [0, 0.05) is 17.4 Å². The van der Waals surface area contributed by atoms with Crippen LogP contribution in [0.15, 0.2) is 54.6 Å². The molecule has 2 aromatic rings. The van der Waals surface area contributed by atoms with Gasteiger partial charge in [0.25, 0.3) is 0 Å². The Morgan fingerprint density at radius 3 is 2.50 bits per heavy atom. The topological polar surface area (TPSA) is 54.4 Å². The van der Waals surface area contributed by atoms with Crippen molar-refractivity contribution in [2.45, 2.75) is 38.5 Å². The van der Waals surface area contributed by atoms with E-state index in [1.165, 1.54) is 0 Å². The second kappa shape index (κ2) is 7.00. The van der Waals surface area contributed by atoms with Gasteiger partial charge in [-0.15, -0.1) is 0 Å². The summed E-state index contributed by atoms with van der Waals surface area (Å²) < 4.78 is 0. The average Bonchev–Trinajstić information content (AvgIpc) is 2.72. The standard InChI is InChI=1S/C21H22O3/c22-19(23)12-14-21(15-16-7-2-1-3-8-16)13-6-10-17-9-4-5-11-18(17)20(21)24/h1-5,7-9,11H,6,10,12-15H2,(H,22,23). The molecule has 1 aliphatic rings. The highest BCUT2D eigenvalue weighted by molar-refractivity contribution is 6.02. The summed E-state index contributed by atoms with van der Waals surface area (Å²) in [5.74, 6) is -0.728. The largest absolute Gasteiger partial charge is 0.481 e. The van der Waals surface area contributed by atoms with Crippen molar-refractivity contribution in [3.8, 4) is 0 Å². The molecule has 1 aliphatic carbocycles. The van der Waals surface area contributed by atoms with Crippen molar-refractivity contribution in [2.24, 2.45) is 5.41 Å². The fourth-order valence-electron chi connectivity index (χ4n) is 3.80. The number of aryl methyl sites for hydroxylation is 1. The van der Waals surface area contributed by atoms with Gasteiger partial charge >= 0.3 is 5.97 Å². The second-order valence-electron chi connectivity index (χ2n) is 6.68. The van der Waals surface area contributed by atoms with Crippen molar-refractivity contribution < 1.29 is 14.7 Å². The molecule has 2 aromatic carbocycles. The van der Waals surface area contributed by atoms with Gasteiger partial charge in [-0.25, -0.2) is 0 Å². The fourth-order valence-corrected chi connectivity index (χ4v) is 3.80. The Labute approximate surface area is 142 Å². The summed E-state index contributed by atoms with van der Waals surface area (Å²) in [5.41, 5.74) is 2.34. The lowest BCUT2D eigenvalue weighted by Crippen LogP contribution is -2.34. The molecule has 24 heavy (non-hydrogen) atoms. The van der Waals surface area contributed by atoms with E-state index in [9.17, 15) is 9.59 Å². The third-order valence-electron chi connectivity index (χ3n) is 5.05. The average molecular weight is 322 g/mol. The SMILES string of the molecule is O=C(O)CCC1(Cc2ccccc2)CCCc2ccccc2C1=O. The highest BCUT2D eigenvalue weighted by Crippen LogP contribution is 2.41. The molecule has 0 radical (unpaired) electrons. The van der Waals surface area contributed by atoms with Crippen LogP contribution in [-0.4, -0.2) is 16.9 Å². The van der Waals surface area contributed by atoms with Crippen LogP contribution in [-0.2, 0) is 17.6 Å². The number of fused-ring (bicyclic) bond motifs is 1. The summed E-state index contributed by atoms with van der Waals surface area (Å²) in [6.07, 6.45) is 3.56. The van der Waals surface area contributed by atoms with Gasteiger partial charge in [-0.1, -0.05) is 54.6 Å². The normalized spacial score (nSPS) is 20.2. The summed E-state index contributed by atoms with van der Waals surface area (Å²) in [4.78, 5) is 24.5. The van der Waals surface area contributed by atoms with Gasteiger partial charge in [0.2, 0.25) is 0 Å². The first kappa shape index (κ1) is 16.4. The number of hydrogen-bond acceptors (Lipinski definition) is 2. The van der Waals surface area contributed by atoms with Crippen molar-refractivity contribution in [3.05, 3.63) is 71.3 Å². The molecule has 3 rings (SSSR count). The molecular formula is C21H22O3. The van der Waals surface area contributed by atoms with E-state index in [2.05, 4.69) is 0 Å². The van der Waals surface area contributed by atoms with Gasteiger partial charge < -0.3 is 5.11 Å². The van der Waals surface area contributed by atoms with Crippen molar-refractivity contribution in [1.82, 2.24) is 0 Å². The fraction of sp³-hybridized carbons (Fsp3) is 0.333. The van der Waals surface area contributed by atoms with Gasteiger partial charge in [0.15, 0.2) is 5.78 Å². The van der Waals surface area contributed by atoms with Crippen LogP contribution in [0.2, 0.25) is 0 Å². The lowest BCUT2D eigenvalue weighted by Gasteiger charge is -2.31. The number of benzene rings is 2. The Kier molecular flexibility index (Phi) is 4.79. The van der Waals surface area contributed by atoms with E-state index in [0.29, 0.717) is 12.8 Å². The predicted octanol–water partition coefficient (Wildman–Crippen LogP) is 4.30. The van der Waals surface area contributed by atoms with E-state index in [-0.39, 0.29) is 12.2 Å². The molecule has 0 aromatic heterocycles. The van der Waals surface area contributed by atoms with Gasteiger partial charge in [-0.3, -0.25) is 9.59 Å². The van der Waals surface area contributed by atoms with Gasteiger partial charge in [0.1, 0.15) is 0 Å². The molecule has 0 heterocycles. The molecule has 0 aliphatic heterocycles. The summed E-state index contributed by atoms with van der Waals surface area (Å²) in [6.45, 7) is 0. The van der Waals surface area contributed by atoms with Crippen molar-refractivity contribution in [3.63, 3.8) is 0 Å². The van der Waals surface area contributed by atoms with Crippen LogP contribution in [0.3, 0.4) is 0 Å². The third kappa shape index (κ3) is 3.40. The number of carbonyl (C=O) groups is 2.